The molecule has 0 bridgehead atoms. The van der Waals surface area contributed by atoms with E-state index in [2.05, 4.69) is 22.3 Å². The molecule has 0 aliphatic carbocycles. The second kappa shape index (κ2) is 5.04. The molecule has 1 heterocycles. The summed E-state index contributed by atoms with van der Waals surface area (Å²) in [4.78, 5) is 8.24. The molecule has 3 N–H and O–H groups in total. The van der Waals surface area contributed by atoms with Crippen LogP contribution in [0.5, 0.6) is 0 Å². The molecule has 5 heteroatoms. The Balaban J connectivity index is 3.05. The molecular formula is C8H14N4S. The van der Waals surface area contributed by atoms with Gasteiger partial charge >= 0.3 is 0 Å². The van der Waals surface area contributed by atoms with Gasteiger partial charge in [0.25, 0.3) is 0 Å². The minimum atomic E-state index is 0.737. The van der Waals surface area contributed by atoms with Crippen LogP contribution in [-0.2, 0) is 6.42 Å². The molecule has 0 aliphatic heterocycles. The second-order valence-electron chi connectivity index (χ2n) is 2.60. The largest absolute Gasteiger partial charge is 0.308 e. The van der Waals surface area contributed by atoms with Crippen LogP contribution in [0.1, 0.15) is 18.9 Å². The van der Waals surface area contributed by atoms with Crippen LogP contribution in [0.4, 0.5) is 5.82 Å². The van der Waals surface area contributed by atoms with E-state index >= 15 is 0 Å². The molecule has 1 rings (SSSR count). The van der Waals surface area contributed by atoms with Crippen molar-refractivity contribution in [1.29, 1.82) is 0 Å². The van der Waals surface area contributed by atoms with E-state index in [1.807, 2.05) is 6.26 Å². The third kappa shape index (κ3) is 2.32. The lowest BCUT2D eigenvalue weighted by molar-refractivity contribution is 0.857. The minimum absolute atomic E-state index is 0.737. The molecule has 0 aromatic carbocycles. The van der Waals surface area contributed by atoms with E-state index in [9.17, 15) is 0 Å². The smallest absolute Gasteiger partial charge is 0.147 e. The quantitative estimate of drug-likeness (QED) is 0.332. The fraction of sp³-hybridized carbons (Fsp3) is 0.500. The summed E-state index contributed by atoms with van der Waals surface area (Å²) >= 11 is 1.62. The van der Waals surface area contributed by atoms with Crippen LogP contribution >= 0.6 is 11.8 Å². The normalized spacial score (nSPS) is 10.1. The Hall–Kier alpha value is -0.810. The van der Waals surface area contributed by atoms with Crippen molar-refractivity contribution in [2.45, 2.75) is 24.8 Å². The summed E-state index contributed by atoms with van der Waals surface area (Å²) in [6.45, 7) is 2.12. The Bertz CT molecular complexity index is 255. The fourth-order valence-electron chi connectivity index (χ4n) is 1.17. The fourth-order valence-corrected chi connectivity index (χ4v) is 1.77. The van der Waals surface area contributed by atoms with Crippen LogP contribution in [0.25, 0.3) is 0 Å². The number of thioether (sulfide) groups is 1. The highest BCUT2D eigenvalue weighted by Gasteiger charge is 2.08. The maximum absolute atomic E-state index is 5.35. The molecule has 0 unspecified atom stereocenters. The molecule has 1 aromatic heterocycles. The molecule has 1 aromatic rings. The SMILES string of the molecule is CCCc1c(NN)ncnc1SC. The maximum atomic E-state index is 5.35. The van der Waals surface area contributed by atoms with Crippen molar-refractivity contribution in [3.8, 4) is 0 Å². The first-order valence-electron chi connectivity index (χ1n) is 4.18. The number of nitrogens with two attached hydrogens (primary N) is 1. The lowest BCUT2D eigenvalue weighted by atomic mass is 10.2. The summed E-state index contributed by atoms with van der Waals surface area (Å²) in [7, 11) is 0. The standard InChI is InChI=1S/C8H14N4S/c1-3-4-6-7(12-9)10-5-11-8(6)13-2/h5H,3-4,9H2,1-2H3,(H,10,11,12). The molecule has 0 fully saturated rings. The lowest BCUT2D eigenvalue weighted by Gasteiger charge is -2.09. The third-order valence-electron chi connectivity index (χ3n) is 1.74. The highest BCUT2D eigenvalue weighted by Crippen LogP contribution is 2.23. The average Bonchev–Trinajstić information content (AvgIpc) is 2.18. The Morgan fingerprint density at radius 2 is 2.31 bits per heavy atom. The second-order valence-corrected chi connectivity index (χ2v) is 3.40. The van der Waals surface area contributed by atoms with E-state index < -0.39 is 0 Å². The minimum Gasteiger partial charge on any atom is -0.308 e. The maximum Gasteiger partial charge on any atom is 0.147 e. The van der Waals surface area contributed by atoms with Gasteiger partial charge in [0.05, 0.1) is 0 Å². The van der Waals surface area contributed by atoms with E-state index in [1.165, 1.54) is 6.33 Å². The molecular weight excluding hydrogens is 184 g/mol. The van der Waals surface area contributed by atoms with Crippen molar-refractivity contribution < 1.29 is 0 Å². The molecule has 72 valence electrons. The summed E-state index contributed by atoms with van der Waals surface area (Å²) in [5.41, 5.74) is 3.70. The third-order valence-corrected chi connectivity index (χ3v) is 2.47. The molecule has 4 nitrogen and oxygen atoms in total. The van der Waals surface area contributed by atoms with Crippen molar-refractivity contribution in [3.63, 3.8) is 0 Å². The van der Waals surface area contributed by atoms with Crippen molar-refractivity contribution >= 4 is 17.6 Å². The lowest BCUT2D eigenvalue weighted by Crippen LogP contribution is -2.12. The summed E-state index contributed by atoms with van der Waals surface area (Å²) < 4.78 is 0. The van der Waals surface area contributed by atoms with Gasteiger partial charge in [-0.2, -0.15) is 0 Å². The van der Waals surface area contributed by atoms with Gasteiger partial charge < -0.3 is 5.43 Å². The molecule has 0 amide bonds. The molecule has 0 aliphatic rings. The zero-order valence-corrected chi connectivity index (χ0v) is 8.69. The molecule has 0 atom stereocenters. The van der Waals surface area contributed by atoms with Crippen LogP contribution in [-0.4, -0.2) is 16.2 Å². The van der Waals surface area contributed by atoms with E-state index in [0.29, 0.717) is 0 Å². The van der Waals surface area contributed by atoms with Crippen LogP contribution in [0.3, 0.4) is 0 Å². The van der Waals surface area contributed by atoms with Gasteiger partial charge in [0.2, 0.25) is 0 Å². The van der Waals surface area contributed by atoms with Crippen LogP contribution < -0.4 is 11.3 Å². The van der Waals surface area contributed by atoms with E-state index in [0.717, 1.165) is 29.2 Å². The number of nitrogens with one attached hydrogen (secondary N) is 1. The van der Waals surface area contributed by atoms with E-state index in [4.69, 9.17) is 5.84 Å². The van der Waals surface area contributed by atoms with Gasteiger partial charge in [0.15, 0.2) is 0 Å². The molecule has 0 saturated carbocycles. The first-order valence-corrected chi connectivity index (χ1v) is 5.40. The number of nitrogen functional groups attached to an aromatic ring is 1. The Kier molecular flexibility index (Phi) is 3.98. The number of nitrogens with zero attached hydrogens (tertiary/aromatic N) is 2. The molecule has 0 radical (unpaired) electrons. The summed E-state index contributed by atoms with van der Waals surface area (Å²) in [6, 6.07) is 0. The Labute approximate surface area is 82.3 Å². The van der Waals surface area contributed by atoms with Crippen molar-refractivity contribution in [1.82, 2.24) is 9.97 Å². The van der Waals surface area contributed by atoms with Gasteiger partial charge in [-0.1, -0.05) is 13.3 Å². The zero-order chi connectivity index (χ0) is 9.68. The van der Waals surface area contributed by atoms with Gasteiger partial charge in [-0.3, -0.25) is 0 Å². The van der Waals surface area contributed by atoms with Crippen molar-refractivity contribution in [3.05, 3.63) is 11.9 Å². The topological polar surface area (TPSA) is 63.8 Å². The van der Waals surface area contributed by atoms with Gasteiger partial charge in [-0.15, -0.1) is 11.8 Å². The summed E-state index contributed by atoms with van der Waals surface area (Å²) in [5.74, 6) is 6.09. The highest BCUT2D eigenvalue weighted by atomic mass is 32.2. The number of aromatic nitrogens is 2. The van der Waals surface area contributed by atoms with E-state index in [1.54, 1.807) is 11.8 Å². The average molecular weight is 198 g/mol. The van der Waals surface area contributed by atoms with Gasteiger partial charge in [0, 0.05) is 5.56 Å². The first kappa shape index (κ1) is 10.3. The van der Waals surface area contributed by atoms with Crippen molar-refractivity contribution in [2.75, 3.05) is 11.7 Å². The number of anilines is 1. The number of hydrazine groups is 1. The number of rotatable bonds is 4. The summed E-state index contributed by atoms with van der Waals surface area (Å²) in [6.07, 6.45) is 5.55. The van der Waals surface area contributed by atoms with Crippen LogP contribution in [0.2, 0.25) is 0 Å². The molecule has 13 heavy (non-hydrogen) atoms. The van der Waals surface area contributed by atoms with Gasteiger partial charge in [-0.05, 0) is 12.7 Å². The van der Waals surface area contributed by atoms with Crippen LogP contribution in [0, 0.1) is 0 Å². The van der Waals surface area contributed by atoms with Crippen LogP contribution in [0.15, 0.2) is 11.4 Å². The van der Waals surface area contributed by atoms with E-state index in [-0.39, 0.29) is 0 Å². The first-order chi connectivity index (χ1) is 6.33. The number of hydrogen-bond donors (Lipinski definition) is 2. The van der Waals surface area contributed by atoms with Gasteiger partial charge in [0.1, 0.15) is 17.2 Å². The molecule has 0 saturated heterocycles. The molecule has 0 spiro atoms. The summed E-state index contributed by atoms with van der Waals surface area (Å²) in [5, 5.41) is 1.00. The Morgan fingerprint density at radius 1 is 1.54 bits per heavy atom. The number of hydrogen-bond acceptors (Lipinski definition) is 5. The van der Waals surface area contributed by atoms with Gasteiger partial charge in [-0.25, -0.2) is 15.8 Å². The zero-order valence-electron chi connectivity index (χ0n) is 7.87. The predicted octanol–water partition coefficient (Wildman–Crippen LogP) is 1.44. The highest BCUT2D eigenvalue weighted by molar-refractivity contribution is 7.98. The monoisotopic (exact) mass is 198 g/mol. The van der Waals surface area contributed by atoms with Crippen molar-refractivity contribution in [2.24, 2.45) is 5.84 Å². The predicted molar refractivity (Wildman–Crippen MR) is 55.6 cm³/mol. The Morgan fingerprint density at radius 3 is 2.85 bits per heavy atom.